The number of amides is 1. The van der Waals surface area contributed by atoms with E-state index in [2.05, 4.69) is 15.9 Å². The molecular formula is C27H22BrNO4. The summed E-state index contributed by atoms with van der Waals surface area (Å²) in [4.78, 5) is 27.5. The maximum Gasteiger partial charge on any atom is 0.340 e. The maximum atomic E-state index is 13.4. The van der Waals surface area contributed by atoms with Gasteiger partial charge in [-0.3, -0.25) is 9.69 Å². The van der Waals surface area contributed by atoms with Gasteiger partial charge < -0.3 is 9.47 Å². The molecule has 0 aromatic heterocycles. The molecule has 0 aliphatic carbocycles. The summed E-state index contributed by atoms with van der Waals surface area (Å²) < 4.78 is 11.8. The van der Waals surface area contributed by atoms with Crippen LogP contribution in [0.1, 0.15) is 18.1 Å². The molecule has 1 aliphatic heterocycles. The van der Waals surface area contributed by atoms with E-state index in [1.54, 1.807) is 13.0 Å². The second-order valence-electron chi connectivity index (χ2n) is 7.47. The lowest BCUT2D eigenvalue weighted by Crippen LogP contribution is -2.24. The molecular weight excluding hydrogens is 482 g/mol. The second-order valence-corrected chi connectivity index (χ2v) is 8.39. The smallest absolute Gasteiger partial charge is 0.340 e. The van der Waals surface area contributed by atoms with E-state index in [9.17, 15) is 9.59 Å². The first-order valence-electron chi connectivity index (χ1n) is 10.4. The van der Waals surface area contributed by atoms with Crippen LogP contribution in [0.25, 0.3) is 6.08 Å². The third-order valence-electron chi connectivity index (χ3n) is 5.29. The van der Waals surface area contributed by atoms with Crippen LogP contribution in [0.5, 0.6) is 5.75 Å². The van der Waals surface area contributed by atoms with E-state index in [0.717, 1.165) is 15.6 Å². The van der Waals surface area contributed by atoms with Gasteiger partial charge in [0.05, 0.1) is 18.3 Å². The van der Waals surface area contributed by atoms with Crippen molar-refractivity contribution >= 4 is 39.6 Å². The average Bonchev–Trinajstić information content (AvgIpc) is 3.08. The van der Waals surface area contributed by atoms with E-state index in [1.807, 2.05) is 78.9 Å². The molecule has 1 aliphatic rings. The molecule has 3 aromatic carbocycles. The molecule has 1 heterocycles. The SMILES string of the molecule is COC(=O)C1=C(C)N(c2ccc(Br)cc2)C(=O)/C1=C\c1cccc(OCc2ccccc2)c1. The van der Waals surface area contributed by atoms with E-state index in [-0.39, 0.29) is 17.1 Å². The van der Waals surface area contributed by atoms with Gasteiger partial charge in [0.15, 0.2) is 0 Å². The molecule has 0 fully saturated rings. The van der Waals surface area contributed by atoms with Crippen LogP contribution < -0.4 is 9.64 Å². The number of benzene rings is 3. The van der Waals surface area contributed by atoms with E-state index in [0.29, 0.717) is 23.7 Å². The van der Waals surface area contributed by atoms with Crippen LogP contribution in [0.15, 0.2) is 100 Å². The van der Waals surface area contributed by atoms with Crippen molar-refractivity contribution in [3.05, 3.63) is 111 Å². The summed E-state index contributed by atoms with van der Waals surface area (Å²) in [7, 11) is 1.31. The minimum Gasteiger partial charge on any atom is -0.489 e. The highest BCUT2D eigenvalue weighted by Crippen LogP contribution is 2.36. The van der Waals surface area contributed by atoms with Gasteiger partial charge in [-0.05, 0) is 60.5 Å². The van der Waals surface area contributed by atoms with Crippen molar-refractivity contribution in [2.75, 3.05) is 12.0 Å². The third-order valence-corrected chi connectivity index (χ3v) is 5.82. The standard InChI is InChI=1S/C27H22BrNO4/c1-18-25(27(31)32-2)24(26(30)29(18)22-13-11-21(28)12-14-22)16-20-9-6-10-23(15-20)33-17-19-7-4-3-5-8-19/h3-16H,17H2,1-2H3/b24-16-. The summed E-state index contributed by atoms with van der Waals surface area (Å²) in [5.41, 5.74) is 3.53. The zero-order valence-corrected chi connectivity index (χ0v) is 19.8. The first-order chi connectivity index (χ1) is 16.0. The molecule has 0 saturated heterocycles. The fraction of sp³-hybridized carbons (Fsp3) is 0.111. The van der Waals surface area contributed by atoms with E-state index < -0.39 is 5.97 Å². The molecule has 1 amide bonds. The normalized spacial score (nSPS) is 14.7. The molecule has 3 aromatic rings. The number of ether oxygens (including phenoxy) is 2. The summed E-state index contributed by atoms with van der Waals surface area (Å²) in [6, 6.07) is 24.6. The Hall–Kier alpha value is -3.64. The summed E-state index contributed by atoms with van der Waals surface area (Å²) in [6.07, 6.45) is 1.70. The summed E-state index contributed by atoms with van der Waals surface area (Å²) >= 11 is 3.41. The molecule has 0 radical (unpaired) electrons. The maximum absolute atomic E-state index is 13.4. The Kier molecular flexibility index (Phi) is 6.75. The van der Waals surface area contributed by atoms with E-state index >= 15 is 0 Å². The number of allylic oxidation sites excluding steroid dienone is 1. The molecule has 0 unspecified atom stereocenters. The molecule has 4 rings (SSSR count). The van der Waals surface area contributed by atoms with Gasteiger partial charge in [0.25, 0.3) is 5.91 Å². The number of carbonyl (C=O) groups excluding carboxylic acids is 2. The number of hydrogen-bond acceptors (Lipinski definition) is 4. The summed E-state index contributed by atoms with van der Waals surface area (Å²) in [5, 5.41) is 0. The highest BCUT2D eigenvalue weighted by Gasteiger charge is 2.37. The number of rotatable bonds is 6. The predicted molar refractivity (Wildman–Crippen MR) is 132 cm³/mol. The summed E-state index contributed by atoms with van der Waals surface area (Å²) in [6.45, 7) is 2.18. The zero-order chi connectivity index (χ0) is 23.4. The van der Waals surface area contributed by atoms with Crippen molar-refractivity contribution < 1.29 is 19.1 Å². The van der Waals surface area contributed by atoms with Gasteiger partial charge in [-0.15, -0.1) is 0 Å². The van der Waals surface area contributed by atoms with Gasteiger partial charge in [-0.2, -0.15) is 0 Å². The van der Waals surface area contributed by atoms with Crippen molar-refractivity contribution in [2.24, 2.45) is 0 Å². The van der Waals surface area contributed by atoms with Crippen LogP contribution in [-0.2, 0) is 20.9 Å². The van der Waals surface area contributed by atoms with Crippen LogP contribution in [0.3, 0.4) is 0 Å². The zero-order valence-electron chi connectivity index (χ0n) is 18.2. The van der Waals surface area contributed by atoms with Crippen molar-refractivity contribution in [1.29, 1.82) is 0 Å². The van der Waals surface area contributed by atoms with Gasteiger partial charge in [-0.25, -0.2) is 4.79 Å². The Morgan fingerprint density at radius 2 is 1.73 bits per heavy atom. The molecule has 6 heteroatoms. The Morgan fingerprint density at radius 1 is 1.00 bits per heavy atom. The van der Waals surface area contributed by atoms with Crippen LogP contribution >= 0.6 is 15.9 Å². The largest absolute Gasteiger partial charge is 0.489 e. The summed E-state index contributed by atoms with van der Waals surface area (Å²) in [5.74, 6) is -0.169. The minimum atomic E-state index is -0.553. The van der Waals surface area contributed by atoms with Gasteiger partial charge in [0, 0.05) is 15.9 Å². The number of nitrogens with zero attached hydrogens (tertiary/aromatic N) is 1. The molecule has 166 valence electrons. The molecule has 0 spiro atoms. The lowest BCUT2D eigenvalue weighted by Gasteiger charge is -2.18. The molecule has 5 nitrogen and oxygen atoms in total. The molecule has 33 heavy (non-hydrogen) atoms. The van der Waals surface area contributed by atoms with E-state index in [4.69, 9.17) is 9.47 Å². The van der Waals surface area contributed by atoms with Crippen molar-refractivity contribution in [2.45, 2.75) is 13.5 Å². The number of anilines is 1. The van der Waals surface area contributed by atoms with Gasteiger partial charge in [0.1, 0.15) is 12.4 Å². The lowest BCUT2D eigenvalue weighted by molar-refractivity contribution is -0.136. The van der Waals surface area contributed by atoms with Crippen LogP contribution in [0.4, 0.5) is 5.69 Å². The second kappa shape index (κ2) is 9.88. The molecule has 0 N–H and O–H groups in total. The van der Waals surface area contributed by atoms with Gasteiger partial charge >= 0.3 is 5.97 Å². The Labute approximate surface area is 201 Å². The Balaban J connectivity index is 1.66. The number of methoxy groups -OCH3 is 1. The first-order valence-corrected chi connectivity index (χ1v) is 11.2. The van der Waals surface area contributed by atoms with Crippen molar-refractivity contribution in [1.82, 2.24) is 0 Å². The first kappa shape index (κ1) is 22.6. The van der Waals surface area contributed by atoms with Crippen molar-refractivity contribution in [3.8, 4) is 5.75 Å². The van der Waals surface area contributed by atoms with E-state index in [1.165, 1.54) is 12.0 Å². The highest BCUT2D eigenvalue weighted by atomic mass is 79.9. The molecule has 0 saturated carbocycles. The average molecular weight is 504 g/mol. The lowest BCUT2D eigenvalue weighted by atomic mass is 10.0. The number of carbonyl (C=O) groups is 2. The van der Waals surface area contributed by atoms with Crippen LogP contribution in [0.2, 0.25) is 0 Å². The highest BCUT2D eigenvalue weighted by molar-refractivity contribution is 9.10. The topological polar surface area (TPSA) is 55.8 Å². The molecule has 0 atom stereocenters. The minimum absolute atomic E-state index is 0.251. The monoisotopic (exact) mass is 503 g/mol. The number of halogens is 1. The number of esters is 1. The van der Waals surface area contributed by atoms with Gasteiger partial charge in [-0.1, -0.05) is 58.4 Å². The third kappa shape index (κ3) is 4.91. The number of hydrogen-bond donors (Lipinski definition) is 0. The molecule has 0 bridgehead atoms. The fourth-order valence-electron chi connectivity index (χ4n) is 3.68. The van der Waals surface area contributed by atoms with Crippen molar-refractivity contribution in [3.63, 3.8) is 0 Å². The van der Waals surface area contributed by atoms with Gasteiger partial charge in [0.2, 0.25) is 0 Å². The Morgan fingerprint density at radius 3 is 2.42 bits per heavy atom. The fourth-order valence-corrected chi connectivity index (χ4v) is 3.95. The van der Waals surface area contributed by atoms with Crippen LogP contribution in [-0.4, -0.2) is 19.0 Å². The Bertz CT molecular complexity index is 1250. The van der Waals surface area contributed by atoms with Crippen LogP contribution in [0, 0.1) is 0 Å². The predicted octanol–water partition coefficient (Wildman–Crippen LogP) is 5.91. The quantitative estimate of drug-likeness (QED) is 0.310.